The summed E-state index contributed by atoms with van der Waals surface area (Å²) < 4.78 is 5.42. The van der Waals surface area contributed by atoms with Crippen molar-refractivity contribution >= 4 is 28.1 Å². The van der Waals surface area contributed by atoms with E-state index in [2.05, 4.69) is 15.0 Å². The number of fused-ring (bicyclic) bond motifs is 3. The lowest BCUT2D eigenvalue weighted by molar-refractivity contribution is 0.651. The summed E-state index contributed by atoms with van der Waals surface area (Å²) in [6.45, 7) is 0. The smallest absolute Gasteiger partial charge is 0.229 e. The highest BCUT2D eigenvalue weighted by atomic mass is 16.3. The molecule has 3 aromatic heterocycles. The van der Waals surface area contributed by atoms with Crippen molar-refractivity contribution in [3.05, 3.63) is 24.5 Å². The zero-order valence-electron chi connectivity index (χ0n) is 7.14. The van der Waals surface area contributed by atoms with Crippen LogP contribution >= 0.6 is 0 Å². The Hall–Kier alpha value is -2.17. The van der Waals surface area contributed by atoms with Crippen molar-refractivity contribution in [3.8, 4) is 0 Å². The van der Waals surface area contributed by atoms with E-state index in [0.717, 1.165) is 5.39 Å². The molecule has 0 saturated heterocycles. The first-order chi connectivity index (χ1) is 6.84. The van der Waals surface area contributed by atoms with Crippen molar-refractivity contribution in [1.29, 1.82) is 0 Å². The Bertz CT molecular complexity index is 616. The maximum atomic E-state index is 5.49. The average Bonchev–Trinajstić information content (AvgIpc) is 2.56. The van der Waals surface area contributed by atoms with Crippen LogP contribution in [0.3, 0.4) is 0 Å². The van der Waals surface area contributed by atoms with Crippen LogP contribution in [-0.4, -0.2) is 15.0 Å². The summed E-state index contributed by atoms with van der Waals surface area (Å²) in [5, 5.41) is 0.858. The van der Waals surface area contributed by atoms with E-state index in [1.165, 1.54) is 0 Å². The average molecular weight is 186 g/mol. The first-order valence-corrected chi connectivity index (χ1v) is 4.10. The van der Waals surface area contributed by atoms with Gasteiger partial charge in [-0.3, -0.25) is 0 Å². The molecule has 0 aliphatic rings. The largest absolute Gasteiger partial charge is 0.434 e. The molecule has 0 saturated carbocycles. The van der Waals surface area contributed by atoms with Gasteiger partial charge in [-0.15, -0.1) is 0 Å². The van der Waals surface area contributed by atoms with Crippen molar-refractivity contribution in [2.24, 2.45) is 0 Å². The van der Waals surface area contributed by atoms with Gasteiger partial charge in [-0.25, -0.2) is 15.0 Å². The number of hydrogen-bond acceptors (Lipinski definition) is 5. The predicted molar refractivity (Wildman–Crippen MR) is 51.5 cm³/mol. The van der Waals surface area contributed by atoms with E-state index in [-0.39, 0.29) is 5.95 Å². The summed E-state index contributed by atoms with van der Waals surface area (Å²) in [6.07, 6.45) is 3.22. The maximum Gasteiger partial charge on any atom is 0.229 e. The van der Waals surface area contributed by atoms with Crippen LogP contribution in [-0.2, 0) is 0 Å². The molecule has 0 aliphatic heterocycles. The van der Waals surface area contributed by atoms with Gasteiger partial charge in [-0.05, 0) is 12.1 Å². The topological polar surface area (TPSA) is 77.8 Å². The number of anilines is 1. The van der Waals surface area contributed by atoms with Crippen LogP contribution in [0.4, 0.5) is 5.95 Å². The molecule has 2 N–H and O–H groups in total. The minimum Gasteiger partial charge on any atom is -0.434 e. The summed E-state index contributed by atoms with van der Waals surface area (Å²) in [5.74, 6) is 0.240. The molecule has 3 heterocycles. The fourth-order valence-electron chi connectivity index (χ4n) is 1.41. The second-order valence-electron chi connectivity index (χ2n) is 2.90. The standard InChI is InChI=1S/C9H6N4O/c10-9-12-4-6-7(13-9)5-2-1-3-11-8(5)14-6/h1-4H,(H2,10,12,13). The van der Waals surface area contributed by atoms with Crippen LogP contribution in [0.1, 0.15) is 0 Å². The summed E-state index contributed by atoms with van der Waals surface area (Å²) >= 11 is 0. The molecule has 5 nitrogen and oxygen atoms in total. The van der Waals surface area contributed by atoms with E-state index in [1.54, 1.807) is 12.4 Å². The Balaban J connectivity index is 2.58. The molecular weight excluding hydrogens is 180 g/mol. The van der Waals surface area contributed by atoms with Crippen molar-refractivity contribution in [3.63, 3.8) is 0 Å². The number of aromatic nitrogens is 3. The van der Waals surface area contributed by atoms with Gasteiger partial charge in [0.2, 0.25) is 11.7 Å². The molecule has 0 aliphatic carbocycles. The maximum absolute atomic E-state index is 5.49. The number of rotatable bonds is 0. The molecule has 14 heavy (non-hydrogen) atoms. The van der Waals surface area contributed by atoms with E-state index in [9.17, 15) is 0 Å². The molecule has 3 aromatic rings. The van der Waals surface area contributed by atoms with Crippen LogP contribution in [0.2, 0.25) is 0 Å². The van der Waals surface area contributed by atoms with Gasteiger partial charge >= 0.3 is 0 Å². The lowest BCUT2D eigenvalue weighted by atomic mass is 10.3. The summed E-state index contributed by atoms with van der Waals surface area (Å²) in [5.41, 5.74) is 7.36. The van der Waals surface area contributed by atoms with Crippen LogP contribution in [0.15, 0.2) is 28.9 Å². The fraction of sp³-hybridized carbons (Fsp3) is 0. The highest BCUT2D eigenvalue weighted by molar-refractivity contribution is 6.00. The molecule has 0 unspecified atom stereocenters. The van der Waals surface area contributed by atoms with E-state index in [4.69, 9.17) is 10.2 Å². The number of nitrogen functional groups attached to an aromatic ring is 1. The van der Waals surface area contributed by atoms with E-state index in [0.29, 0.717) is 16.8 Å². The lowest BCUT2D eigenvalue weighted by Crippen LogP contribution is -1.92. The van der Waals surface area contributed by atoms with Crippen molar-refractivity contribution < 1.29 is 4.42 Å². The summed E-state index contributed by atoms with van der Waals surface area (Å²) in [6, 6.07) is 3.72. The molecule has 3 rings (SSSR count). The quantitative estimate of drug-likeness (QED) is 0.573. The second-order valence-corrected chi connectivity index (χ2v) is 2.90. The first-order valence-electron chi connectivity index (χ1n) is 4.10. The Labute approximate surface area is 78.6 Å². The summed E-state index contributed by atoms with van der Waals surface area (Å²) in [7, 11) is 0. The highest BCUT2D eigenvalue weighted by Gasteiger charge is 2.08. The molecule has 0 amide bonds. The number of nitrogens with zero attached hydrogens (tertiary/aromatic N) is 3. The Morgan fingerprint density at radius 3 is 3.14 bits per heavy atom. The molecule has 0 aromatic carbocycles. The van der Waals surface area contributed by atoms with Gasteiger partial charge in [0.15, 0.2) is 5.58 Å². The normalized spacial score (nSPS) is 11.1. The van der Waals surface area contributed by atoms with E-state index >= 15 is 0 Å². The van der Waals surface area contributed by atoms with E-state index < -0.39 is 0 Å². The lowest BCUT2D eigenvalue weighted by Gasteiger charge is -1.89. The SMILES string of the molecule is Nc1ncc2oc3ncccc3c2n1. The van der Waals surface area contributed by atoms with Crippen LogP contribution in [0.25, 0.3) is 22.2 Å². The van der Waals surface area contributed by atoms with Gasteiger partial charge in [0.1, 0.15) is 5.52 Å². The highest BCUT2D eigenvalue weighted by Crippen LogP contribution is 2.24. The van der Waals surface area contributed by atoms with Gasteiger partial charge in [-0.2, -0.15) is 0 Å². The van der Waals surface area contributed by atoms with Crippen molar-refractivity contribution in [1.82, 2.24) is 15.0 Å². The molecule has 0 spiro atoms. The predicted octanol–water partition coefficient (Wildman–Crippen LogP) is 1.35. The molecular formula is C9H6N4O. The number of nitrogens with two attached hydrogens (primary N) is 1. The van der Waals surface area contributed by atoms with Gasteiger partial charge in [0.25, 0.3) is 0 Å². The van der Waals surface area contributed by atoms with Gasteiger partial charge in [0.05, 0.1) is 11.6 Å². The fourth-order valence-corrected chi connectivity index (χ4v) is 1.41. The molecule has 68 valence electrons. The third-order valence-electron chi connectivity index (χ3n) is 2.01. The first kappa shape index (κ1) is 7.25. The molecule has 0 bridgehead atoms. The third-order valence-corrected chi connectivity index (χ3v) is 2.01. The molecule has 0 fully saturated rings. The summed E-state index contributed by atoms with van der Waals surface area (Å²) in [4.78, 5) is 12.0. The van der Waals surface area contributed by atoms with Crippen molar-refractivity contribution in [2.75, 3.05) is 5.73 Å². The third kappa shape index (κ3) is 0.861. The minimum absolute atomic E-state index is 0.240. The Kier molecular flexibility index (Phi) is 1.25. The molecule has 0 atom stereocenters. The monoisotopic (exact) mass is 186 g/mol. The van der Waals surface area contributed by atoms with E-state index in [1.807, 2.05) is 12.1 Å². The zero-order chi connectivity index (χ0) is 9.54. The second kappa shape index (κ2) is 2.41. The van der Waals surface area contributed by atoms with Crippen LogP contribution in [0.5, 0.6) is 0 Å². The Morgan fingerprint density at radius 2 is 2.21 bits per heavy atom. The molecule has 0 radical (unpaired) electrons. The van der Waals surface area contributed by atoms with Gasteiger partial charge < -0.3 is 10.2 Å². The zero-order valence-corrected chi connectivity index (χ0v) is 7.14. The number of pyridine rings is 1. The molecule has 5 heteroatoms. The van der Waals surface area contributed by atoms with Crippen LogP contribution < -0.4 is 5.73 Å². The van der Waals surface area contributed by atoms with Gasteiger partial charge in [-0.1, -0.05) is 0 Å². The van der Waals surface area contributed by atoms with Crippen LogP contribution in [0, 0.1) is 0 Å². The number of hydrogen-bond donors (Lipinski definition) is 1. The number of furan rings is 1. The van der Waals surface area contributed by atoms with Gasteiger partial charge in [0, 0.05) is 6.20 Å². The van der Waals surface area contributed by atoms with Crippen molar-refractivity contribution in [2.45, 2.75) is 0 Å². The minimum atomic E-state index is 0.240. The Morgan fingerprint density at radius 1 is 1.29 bits per heavy atom.